The van der Waals surface area contributed by atoms with Gasteiger partial charge in [0, 0.05) is 25.2 Å². The van der Waals surface area contributed by atoms with Gasteiger partial charge in [0.15, 0.2) is 5.12 Å². The molecule has 23 heavy (non-hydrogen) atoms. The Bertz CT molecular complexity index is 346. The third-order valence-electron chi connectivity index (χ3n) is 4.98. The summed E-state index contributed by atoms with van der Waals surface area (Å²) in [6.45, 7) is 16.5. The van der Waals surface area contributed by atoms with Crippen LogP contribution in [0.3, 0.4) is 0 Å². The Hall–Kier alpha value is 0.157. The molecule has 2 atom stereocenters. The monoisotopic (exact) mass is 360 g/mol. The first-order valence-electron chi connectivity index (χ1n) is 9.12. The lowest BCUT2D eigenvalue weighted by molar-refractivity contribution is -0.109. The summed E-state index contributed by atoms with van der Waals surface area (Å²) in [5, 5.41) is 0.211. The molecule has 0 amide bonds. The Balaban J connectivity index is 2.72. The van der Waals surface area contributed by atoms with E-state index >= 15 is 0 Å². The van der Waals surface area contributed by atoms with E-state index in [1.165, 1.54) is 11.8 Å². The molecule has 1 rings (SSSR count). The van der Waals surface area contributed by atoms with E-state index < -0.39 is 8.32 Å². The van der Waals surface area contributed by atoms with Crippen molar-refractivity contribution in [3.05, 3.63) is 0 Å². The van der Waals surface area contributed by atoms with E-state index in [1.54, 1.807) is 6.92 Å². The fourth-order valence-electron chi connectivity index (χ4n) is 3.95. The molecular weight excluding hydrogens is 324 g/mol. The molecule has 1 aliphatic rings. The van der Waals surface area contributed by atoms with Crippen molar-refractivity contribution in [3.8, 4) is 0 Å². The summed E-state index contributed by atoms with van der Waals surface area (Å²) < 4.78 is 12.4. The Morgan fingerprint density at radius 2 is 1.70 bits per heavy atom. The van der Waals surface area contributed by atoms with Crippen LogP contribution in [0.2, 0.25) is 16.6 Å². The van der Waals surface area contributed by atoms with Gasteiger partial charge in [-0.25, -0.2) is 0 Å². The third kappa shape index (κ3) is 6.52. The van der Waals surface area contributed by atoms with Crippen molar-refractivity contribution in [2.75, 3.05) is 12.4 Å². The van der Waals surface area contributed by atoms with Crippen LogP contribution in [0.5, 0.6) is 0 Å². The van der Waals surface area contributed by atoms with Gasteiger partial charge in [0.1, 0.15) is 0 Å². The van der Waals surface area contributed by atoms with Gasteiger partial charge in [-0.15, -0.1) is 0 Å². The second kappa shape index (κ2) is 9.59. The molecule has 0 radical (unpaired) electrons. The molecule has 0 N–H and O–H groups in total. The third-order valence-corrected chi connectivity index (χ3v) is 12.0. The van der Waals surface area contributed by atoms with E-state index in [4.69, 9.17) is 9.16 Å². The minimum atomic E-state index is -1.84. The molecule has 1 saturated heterocycles. The maximum atomic E-state index is 11.1. The highest BCUT2D eigenvalue weighted by molar-refractivity contribution is 8.13. The number of rotatable bonds is 11. The van der Waals surface area contributed by atoms with E-state index in [0.717, 1.165) is 31.6 Å². The van der Waals surface area contributed by atoms with Crippen LogP contribution in [0.1, 0.15) is 67.7 Å². The summed E-state index contributed by atoms with van der Waals surface area (Å²) in [7, 11) is -1.84. The lowest BCUT2D eigenvalue weighted by Crippen LogP contribution is -2.50. The second-order valence-electron chi connectivity index (χ2n) is 7.73. The Labute approximate surface area is 148 Å². The number of hydrogen-bond donors (Lipinski definition) is 0. The van der Waals surface area contributed by atoms with E-state index in [9.17, 15) is 4.79 Å². The quantitative estimate of drug-likeness (QED) is 0.281. The Morgan fingerprint density at radius 3 is 2.09 bits per heavy atom. The van der Waals surface area contributed by atoms with Gasteiger partial charge in [0.05, 0.1) is 12.7 Å². The summed E-state index contributed by atoms with van der Waals surface area (Å²) in [5.41, 5.74) is 1.82. The van der Waals surface area contributed by atoms with Crippen molar-refractivity contribution >= 4 is 25.2 Å². The first-order valence-corrected chi connectivity index (χ1v) is 12.3. The standard InChI is InChI=1S/C18H36O3SSi/c1-13(2)23(14(3)4,15(5)6)21-17(11-18-12-20-18)9-8-10-22-16(7)19/h13-15,17-18H,8-12H2,1-7H3. The van der Waals surface area contributed by atoms with Crippen LogP contribution in [-0.4, -0.2) is 38.0 Å². The maximum Gasteiger partial charge on any atom is 0.200 e. The number of thioether (sulfide) groups is 1. The van der Waals surface area contributed by atoms with Gasteiger partial charge in [-0.2, -0.15) is 0 Å². The summed E-state index contributed by atoms with van der Waals surface area (Å²) in [6.07, 6.45) is 3.79. The van der Waals surface area contributed by atoms with E-state index in [1.807, 2.05) is 0 Å². The summed E-state index contributed by atoms with van der Waals surface area (Å²) >= 11 is 1.43. The Morgan fingerprint density at radius 1 is 1.17 bits per heavy atom. The minimum Gasteiger partial charge on any atom is -0.413 e. The molecule has 0 aliphatic carbocycles. The van der Waals surface area contributed by atoms with Gasteiger partial charge in [-0.05, 0) is 29.5 Å². The van der Waals surface area contributed by atoms with Crippen molar-refractivity contribution in [1.82, 2.24) is 0 Å². The number of carbonyl (C=O) groups is 1. The van der Waals surface area contributed by atoms with E-state index in [0.29, 0.717) is 22.7 Å². The van der Waals surface area contributed by atoms with Gasteiger partial charge in [0.25, 0.3) is 0 Å². The average Bonchev–Trinajstić information content (AvgIpc) is 3.22. The first kappa shape index (κ1) is 21.2. The fourth-order valence-corrected chi connectivity index (χ4v) is 10.2. The largest absolute Gasteiger partial charge is 0.413 e. The highest BCUT2D eigenvalue weighted by atomic mass is 32.2. The van der Waals surface area contributed by atoms with Crippen LogP contribution >= 0.6 is 11.8 Å². The minimum absolute atomic E-state index is 0.211. The number of ether oxygens (including phenoxy) is 1. The predicted molar refractivity (Wildman–Crippen MR) is 103 cm³/mol. The maximum absolute atomic E-state index is 11.1. The van der Waals surface area contributed by atoms with Gasteiger partial charge >= 0.3 is 0 Å². The van der Waals surface area contributed by atoms with Crippen molar-refractivity contribution in [3.63, 3.8) is 0 Å². The molecular formula is C18H36O3SSi. The molecule has 0 aromatic heterocycles. The van der Waals surface area contributed by atoms with Gasteiger partial charge in [0.2, 0.25) is 8.32 Å². The van der Waals surface area contributed by atoms with Gasteiger partial charge < -0.3 is 9.16 Å². The molecule has 0 aromatic rings. The average molecular weight is 361 g/mol. The zero-order chi connectivity index (χ0) is 17.6. The van der Waals surface area contributed by atoms with Crippen LogP contribution in [0, 0.1) is 0 Å². The highest BCUT2D eigenvalue weighted by Gasteiger charge is 2.47. The van der Waals surface area contributed by atoms with E-state index in [2.05, 4.69) is 41.5 Å². The van der Waals surface area contributed by atoms with Crippen LogP contribution in [0.4, 0.5) is 0 Å². The summed E-state index contributed by atoms with van der Waals surface area (Å²) in [5.74, 6) is 0.903. The lowest BCUT2D eigenvalue weighted by Gasteiger charge is -2.44. The van der Waals surface area contributed by atoms with Crippen molar-refractivity contribution in [2.24, 2.45) is 0 Å². The lowest BCUT2D eigenvalue weighted by atomic mass is 10.1. The molecule has 136 valence electrons. The second-order valence-corrected chi connectivity index (χ2v) is 14.4. The molecule has 0 aromatic carbocycles. The molecule has 3 nitrogen and oxygen atoms in total. The highest BCUT2D eigenvalue weighted by Crippen LogP contribution is 2.44. The molecule has 5 heteroatoms. The molecule has 0 spiro atoms. The van der Waals surface area contributed by atoms with Gasteiger partial charge in [-0.3, -0.25) is 4.79 Å². The molecule has 1 heterocycles. The number of epoxide rings is 1. The Kier molecular flexibility index (Phi) is 8.84. The van der Waals surface area contributed by atoms with Crippen LogP contribution in [0.15, 0.2) is 0 Å². The molecule has 0 bridgehead atoms. The molecule has 2 unspecified atom stereocenters. The number of hydrogen-bond acceptors (Lipinski definition) is 4. The molecule has 1 aliphatic heterocycles. The predicted octanol–water partition coefficient (Wildman–Crippen LogP) is 5.40. The zero-order valence-corrected chi connectivity index (χ0v) is 17.9. The normalized spacial score (nSPS) is 19.7. The molecule has 0 saturated carbocycles. The molecule has 1 fully saturated rings. The smallest absolute Gasteiger partial charge is 0.200 e. The van der Waals surface area contributed by atoms with Crippen molar-refractivity contribution in [1.29, 1.82) is 0 Å². The van der Waals surface area contributed by atoms with Crippen molar-refractivity contribution in [2.45, 2.75) is 96.6 Å². The topological polar surface area (TPSA) is 38.8 Å². The van der Waals surface area contributed by atoms with E-state index in [-0.39, 0.29) is 11.2 Å². The van der Waals surface area contributed by atoms with Gasteiger partial charge in [-0.1, -0.05) is 53.3 Å². The van der Waals surface area contributed by atoms with Crippen LogP contribution in [0.25, 0.3) is 0 Å². The van der Waals surface area contributed by atoms with Crippen LogP contribution < -0.4 is 0 Å². The summed E-state index contributed by atoms with van der Waals surface area (Å²) in [4.78, 5) is 11.1. The SMILES string of the molecule is CC(=O)SCCCC(CC1CO1)O[Si](C(C)C)(C(C)C)C(C)C. The van der Waals surface area contributed by atoms with Crippen molar-refractivity contribution < 1.29 is 14.0 Å². The zero-order valence-electron chi connectivity index (χ0n) is 16.1. The van der Waals surface area contributed by atoms with Crippen LogP contribution in [-0.2, 0) is 14.0 Å². The first-order chi connectivity index (χ1) is 10.7. The summed E-state index contributed by atoms with van der Waals surface area (Å²) in [6, 6.07) is 0. The fraction of sp³-hybridized carbons (Fsp3) is 0.944. The number of carbonyl (C=O) groups excluding carboxylic acids is 1.